The number of anilines is 1. The van der Waals surface area contributed by atoms with Crippen LogP contribution in [0.3, 0.4) is 0 Å². The SMILES string of the molecule is Cc1cc(-c2nccnc2NCCCN2CCCC2=O)cc(C)c1O. The van der Waals surface area contributed by atoms with Crippen molar-refractivity contribution in [1.82, 2.24) is 14.9 Å². The molecule has 1 aliphatic rings. The number of phenolic OH excluding ortho intramolecular Hbond substituents is 1. The summed E-state index contributed by atoms with van der Waals surface area (Å²) in [6, 6.07) is 3.83. The fraction of sp³-hybridized carbons (Fsp3) is 0.421. The highest BCUT2D eigenvalue weighted by atomic mass is 16.3. The van der Waals surface area contributed by atoms with Gasteiger partial charge in [0.1, 0.15) is 11.4 Å². The number of aryl methyl sites for hydroxylation is 2. The number of phenols is 1. The molecule has 1 aromatic carbocycles. The first-order chi connectivity index (χ1) is 12.1. The summed E-state index contributed by atoms with van der Waals surface area (Å²) in [6.07, 6.45) is 5.85. The Morgan fingerprint density at radius 3 is 2.60 bits per heavy atom. The molecule has 0 unspecified atom stereocenters. The second-order valence-corrected chi connectivity index (χ2v) is 6.48. The molecule has 132 valence electrons. The van der Waals surface area contributed by atoms with Crippen molar-refractivity contribution in [3.05, 3.63) is 35.7 Å². The smallest absolute Gasteiger partial charge is 0.222 e. The van der Waals surface area contributed by atoms with Gasteiger partial charge < -0.3 is 15.3 Å². The number of amides is 1. The van der Waals surface area contributed by atoms with Gasteiger partial charge in [0.05, 0.1) is 0 Å². The van der Waals surface area contributed by atoms with Crippen LogP contribution in [0.25, 0.3) is 11.3 Å². The van der Waals surface area contributed by atoms with Gasteiger partial charge in [-0.15, -0.1) is 0 Å². The van der Waals surface area contributed by atoms with E-state index in [0.29, 0.717) is 12.2 Å². The van der Waals surface area contributed by atoms with Crippen LogP contribution in [0.2, 0.25) is 0 Å². The van der Waals surface area contributed by atoms with E-state index in [1.165, 1.54) is 0 Å². The fourth-order valence-electron chi connectivity index (χ4n) is 3.19. The number of nitrogens with one attached hydrogen (secondary N) is 1. The first-order valence-corrected chi connectivity index (χ1v) is 8.69. The summed E-state index contributed by atoms with van der Waals surface area (Å²) < 4.78 is 0. The molecule has 1 saturated heterocycles. The maximum Gasteiger partial charge on any atom is 0.222 e. The number of hydrogen-bond acceptors (Lipinski definition) is 5. The van der Waals surface area contributed by atoms with Crippen molar-refractivity contribution in [1.29, 1.82) is 0 Å². The molecule has 0 spiro atoms. The molecule has 2 heterocycles. The van der Waals surface area contributed by atoms with Crippen LogP contribution in [0.5, 0.6) is 5.75 Å². The lowest BCUT2D eigenvalue weighted by atomic mass is 10.0. The number of aromatic hydroxyl groups is 1. The van der Waals surface area contributed by atoms with E-state index in [4.69, 9.17) is 0 Å². The third-order valence-electron chi connectivity index (χ3n) is 4.53. The zero-order chi connectivity index (χ0) is 17.8. The molecule has 1 amide bonds. The molecular formula is C19H24N4O2. The lowest BCUT2D eigenvalue weighted by molar-refractivity contribution is -0.127. The Kier molecular flexibility index (Phi) is 5.16. The highest BCUT2D eigenvalue weighted by Gasteiger charge is 2.19. The molecule has 1 aliphatic heterocycles. The zero-order valence-corrected chi connectivity index (χ0v) is 14.7. The minimum Gasteiger partial charge on any atom is -0.507 e. The standard InChI is InChI=1S/C19H24N4O2/c1-13-11-15(12-14(2)18(13)25)17-19(22-8-7-20-17)21-6-4-10-23-9-3-5-16(23)24/h7-8,11-12,25H,3-6,9-10H2,1-2H3,(H,21,22). The molecule has 1 aromatic heterocycles. The van der Waals surface area contributed by atoms with Gasteiger partial charge in [-0.25, -0.2) is 4.98 Å². The summed E-state index contributed by atoms with van der Waals surface area (Å²) in [4.78, 5) is 22.4. The second kappa shape index (κ2) is 7.51. The van der Waals surface area contributed by atoms with Crippen LogP contribution in [0.1, 0.15) is 30.4 Å². The van der Waals surface area contributed by atoms with Crippen molar-refractivity contribution < 1.29 is 9.90 Å². The monoisotopic (exact) mass is 340 g/mol. The summed E-state index contributed by atoms with van der Waals surface area (Å²) in [7, 11) is 0. The molecule has 6 heteroatoms. The Morgan fingerprint density at radius 1 is 1.20 bits per heavy atom. The lowest BCUT2D eigenvalue weighted by Gasteiger charge is -2.16. The maximum atomic E-state index is 11.6. The second-order valence-electron chi connectivity index (χ2n) is 6.48. The minimum atomic E-state index is 0.259. The van der Waals surface area contributed by atoms with Crippen molar-refractivity contribution >= 4 is 11.7 Å². The van der Waals surface area contributed by atoms with E-state index in [1.807, 2.05) is 30.9 Å². The highest BCUT2D eigenvalue weighted by molar-refractivity contribution is 5.78. The van der Waals surface area contributed by atoms with Gasteiger partial charge in [0.2, 0.25) is 5.91 Å². The number of aromatic nitrogens is 2. The fourth-order valence-corrected chi connectivity index (χ4v) is 3.19. The van der Waals surface area contributed by atoms with E-state index >= 15 is 0 Å². The van der Waals surface area contributed by atoms with E-state index in [2.05, 4.69) is 15.3 Å². The summed E-state index contributed by atoms with van der Waals surface area (Å²) in [5.74, 6) is 1.30. The van der Waals surface area contributed by atoms with Crippen molar-refractivity contribution in [2.45, 2.75) is 33.1 Å². The largest absolute Gasteiger partial charge is 0.507 e. The number of rotatable bonds is 6. The summed E-state index contributed by atoms with van der Waals surface area (Å²) in [6.45, 7) is 6.14. The topological polar surface area (TPSA) is 78.4 Å². The van der Waals surface area contributed by atoms with Crippen LogP contribution in [-0.2, 0) is 4.79 Å². The Balaban J connectivity index is 1.68. The van der Waals surface area contributed by atoms with Crippen LogP contribution >= 0.6 is 0 Å². The maximum absolute atomic E-state index is 11.6. The number of hydrogen-bond donors (Lipinski definition) is 2. The van der Waals surface area contributed by atoms with Gasteiger partial charge in [-0.05, 0) is 49.9 Å². The molecule has 0 aliphatic carbocycles. The Labute approximate surface area is 147 Å². The summed E-state index contributed by atoms with van der Waals surface area (Å²) in [5.41, 5.74) is 3.34. The predicted molar refractivity (Wildman–Crippen MR) is 97.5 cm³/mol. The average Bonchev–Trinajstić information content (AvgIpc) is 3.01. The van der Waals surface area contributed by atoms with Crippen LogP contribution in [0.4, 0.5) is 5.82 Å². The molecule has 2 N–H and O–H groups in total. The summed E-state index contributed by atoms with van der Waals surface area (Å²) >= 11 is 0. The van der Waals surface area contributed by atoms with E-state index in [-0.39, 0.29) is 5.91 Å². The molecule has 2 aromatic rings. The Morgan fingerprint density at radius 2 is 1.92 bits per heavy atom. The van der Waals surface area contributed by atoms with Crippen LogP contribution in [0, 0.1) is 13.8 Å². The molecule has 0 bridgehead atoms. The zero-order valence-electron chi connectivity index (χ0n) is 14.7. The van der Waals surface area contributed by atoms with Crippen LogP contribution in [0.15, 0.2) is 24.5 Å². The molecule has 0 radical (unpaired) electrons. The first-order valence-electron chi connectivity index (χ1n) is 8.69. The summed E-state index contributed by atoms with van der Waals surface area (Å²) in [5, 5.41) is 13.3. The van der Waals surface area contributed by atoms with Gasteiger partial charge in [0.25, 0.3) is 0 Å². The lowest BCUT2D eigenvalue weighted by Crippen LogP contribution is -2.27. The predicted octanol–water partition coefficient (Wildman–Crippen LogP) is 2.89. The van der Waals surface area contributed by atoms with Gasteiger partial charge in [-0.3, -0.25) is 9.78 Å². The molecule has 6 nitrogen and oxygen atoms in total. The van der Waals surface area contributed by atoms with Crippen molar-refractivity contribution in [3.63, 3.8) is 0 Å². The van der Waals surface area contributed by atoms with E-state index < -0.39 is 0 Å². The van der Waals surface area contributed by atoms with Crippen molar-refractivity contribution in [2.75, 3.05) is 25.0 Å². The van der Waals surface area contributed by atoms with Crippen LogP contribution < -0.4 is 5.32 Å². The number of nitrogens with zero attached hydrogens (tertiary/aromatic N) is 3. The first kappa shape index (κ1) is 17.2. The average molecular weight is 340 g/mol. The quantitative estimate of drug-likeness (QED) is 0.791. The van der Waals surface area contributed by atoms with E-state index in [1.54, 1.807) is 12.4 Å². The Bertz CT molecular complexity index is 753. The third-order valence-corrected chi connectivity index (χ3v) is 4.53. The number of benzene rings is 1. The van der Waals surface area contributed by atoms with E-state index in [9.17, 15) is 9.90 Å². The van der Waals surface area contributed by atoms with Crippen molar-refractivity contribution in [3.8, 4) is 17.0 Å². The van der Waals surface area contributed by atoms with Crippen LogP contribution in [-0.4, -0.2) is 45.5 Å². The number of likely N-dealkylation sites (tertiary alicyclic amines) is 1. The highest BCUT2D eigenvalue weighted by Crippen LogP contribution is 2.30. The van der Waals surface area contributed by atoms with Gasteiger partial charge in [-0.1, -0.05) is 0 Å². The minimum absolute atomic E-state index is 0.259. The number of carbonyl (C=O) groups is 1. The van der Waals surface area contributed by atoms with Gasteiger partial charge >= 0.3 is 0 Å². The molecule has 0 saturated carbocycles. The van der Waals surface area contributed by atoms with E-state index in [0.717, 1.165) is 60.7 Å². The van der Waals surface area contributed by atoms with Crippen molar-refractivity contribution in [2.24, 2.45) is 0 Å². The number of carbonyl (C=O) groups excluding carboxylic acids is 1. The Hall–Kier alpha value is -2.63. The molecule has 25 heavy (non-hydrogen) atoms. The van der Waals surface area contributed by atoms with Gasteiger partial charge in [-0.2, -0.15) is 0 Å². The normalized spacial score (nSPS) is 14.2. The van der Waals surface area contributed by atoms with Gasteiger partial charge in [0, 0.05) is 44.0 Å². The molecule has 0 atom stereocenters. The third kappa shape index (κ3) is 3.90. The molecule has 3 rings (SSSR count). The molecular weight excluding hydrogens is 316 g/mol. The molecule has 1 fully saturated rings. The van der Waals surface area contributed by atoms with Gasteiger partial charge in [0.15, 0.2) is 5.82 Å².